The molecule has 0 spiro atoms. The summed E-state index contributed by atoms with van der Waals surface area (Å²) in [5.74, 6) is 0.704. The predicted molar refractivity (Wildman–Crippen MR) is 78.3 cm³/mol. The maximum atomic E-state index is 6.04. The minimum absolute atomic E-state index is 0.418. The second-order valence-electron chi connectivity index (χ2n) is 5.96. The molecule has 0 amide bonds. The molecule has 0 bridgehead atoms. The van der Waals surface area contributed by atoms with Crippen molar-refractivity contribution in [3.63, 3.8) is 0 Å². The Morgan fingerprint density at radius 1 is 1.05 bits per heavy atom. The molecule has 3 rings (SSSR count). The van der Waals surface area contributed by atoms with E-state index in [9.17, 15) is 0 Å². The van der Waals surface area contributed by atoms with Gasteiger partial charge in [-0.3, -0.25) is 0 Å². The van der Waals surface area contributed by atoms with Crippen LogP contribution in [0.25, 0.3) is 0 Å². The van der Waals surface area contributed by atoms with Crippen LogP contribution in [-0.4, -0.2) is 31.8 Å². The summed E-state index contributed by atoms with van der Waals surface area (Å²) in [6, 6.07) is 11.9. The van der Waals surface area contributed by atoms with Gasteiger partial charge in [-0.25, -0.2) is 0 Å². The molecule has 1 saturated heterocycles. The topological polar surface area (TPSA) is 38.5 Å². The Bertz CT molecular complexity index is 383. The van der Waals surface area contributed by atoms with Crippen molar-refractivity contribution in [2.45, 2.75) is 37.8 Å². The Balaban J connectivity index is 1.71. The van der Waals surface area contributed by atoms with Crippen LogP contribution in [0.5, 0.6) is 0 Å². The fourth-order valence-corrected chi connectivity index (χ4v) is 3.17. The third-order valence-corrected chi connectivity index (χ3v) is 4.43. The first-order chi connectivity index (χ1) is 9.33. The molecule has 1 saturated carbocycles. The van der Waals surface area contributed by atoms with Crippen molar-refractivity contribution in [3.05, 3.63) is 30.3 Å². The van der Waals surface area contributed by atoms with Crippen LogP contribution in [0.15, 0.2) is 30.3 Å². The van der Waals surface area contributed by atoms with E-state index in [1.165, 1.54) is 18.5 Å². The van der Waals surface area contributed by atoms with Gasteiger partial charge in [-0.15, -0.1) is 0 Å². The Morgan fingerprint density at radius 2 is 1.74 bits per heavy atom. The third-order valence-electron chi connectivity index (χ3n) is 4.43. The maximum absolute atomic E-state index is 6.04. The molecule has 2 fully saturated rings. The smallest absolute Gasteiger partial charge is 0.0533 e. The van der Waals surface area contributed by atoms with E-state index in [2.05, 4.69) is 35.2 Å². The van der Waals surface area contributed by atoms with Crippen LogP contribution in [0.2, 0.25) is 0 Å². The minimum Gasteiger partial charge on any atom is -0.381 e. The SMILES string of the molecule is N[C@H]1CC[C@@H](N(CC2COC2)c2ccccc2)CC1. The molecule has 0 unspecified atom stereocenters. The van der Waals surface area contributed by atoms with E-state index in [0.717, 1.165) is 32.6 Å². The third kappa shape index (κ3) is 3.10. The fourth-order valence-electron chi connectivity index (χ4n) is 3.17. The first kappa shape index (κ1) is 12.9. The number of para-hydroxylation sites is 1. The van der Waals surface area contributed by atoms with Crippen LogP contribution in [0.1, 0.15) is 25.7 Å². The Kier molecular flexibility index (Phi) is 4.04. The lowest BCUT2D eigenvalue weighted by Gasteiger charge is -2.41. The molecule has 0 atom stereocenters. The first-order valence-electron chi connectivity index (χ1n) is 7.48. The van der Waals surface area contributed by atoms with Crippen molar-refractivity contribution in [1.82, 2.24) is 0 Å². The molecular weight excluding hydrogens is 236 g/mol. The first-order valence-corrected chi connectivity index (χ1v) is 7.48. The molecule has 3 nitrogen and oxygen atoms in total. The van der Waals surface area contributed by atoms with Gasteiger partial charge >= 0.3 is 0 Å². The summed E-state index contributed by atoms with van der Waals surface area (Å²) in [6.07, 6.45) is 4.78. The van der Waals surface area contributed by atoms with Crippen LogP contribution in [0.4, 0.5) is 5.69 Å². The number of nitrogens with zero attached hydrogens (tertiary/aromatic N) is 1. The highest BCUT2D eigenvalue weighted by atomic mass is 16.5. The average molecular weight is 260 g/mol. The van der Waals surface area contributed by atoms with Gasteiger partial charge < -0.3 is 15.4 Å². The maximum Gasteiger partial charge on any atom is 0.0533 e. The Labute approximate surface area is 115 Å². The van der Waals surface area contributed by atoms with E-state index in [4.69, 9.17) is 10.5 Å². The molecule has 1 heterocycles. The van der Waals surface area contributed by atoms with Crippen molar-refractivity contribution in [2.75, 3.05) is 24.7 Å². The highest BCUT2D eigenvalue weighted by Crippen LogP contribution is 2.28. The predicted octanol–water partition coefficient (Wildman–Crippen LogP) is 2.41. The van der Waals surface area contributed by atoms with Crippen molar-refractivity contribution in [1.29, 1.82) is 0 Å². The molecule has 1 aliphatic carbocycles. The van der Waals surface area contributed by atoms with Gasteiger partial charge in [0.2, 0.25) is 0 Å². The number of rotatable bonds is 4. The van der Waals surface area contributed by atoms with E-state index in [1.807, 2.05) is 0 Å². The minimum atomic E-state index is 0.418. The summed E-state index contributed by atoms with van der Waals surface area (Å²) in [4.78, 5) is 2.60. The summed E-state index contributed by atoms with van der Waals surface area (Å²) in [7, 11) is 0. The zero-order chi connectivity index (χ0) is 13.1. The van der Waals surface area contributed by atoms with E-state index in [1.54, 1.807) is 0 Å². The van der Waals surface area contributed by atoms with E-state index < -0.39 is 0 Å². The lowest BCUT2D eigenvalue weighted by atomic mass is 9.89. The number of ether oxygens (including phenoxy) is 1. The van der Waals surface area contributed by atoms with Crippen LogP contribution < -0.4 is 10.6 Å². The molecule has 19 heavy (non-hydrogen) atoms. The van der Waals surface area contributed by atoms with E-state index in [0.29, 0.717) is 18.0 Å². The average Bonchev–Trinajstić information content (AvgIpc) is 2.40. The van der Waals surface area contributed by atoms with Crippen molar-refractivity contribution in [3.8, 4) is 0 Å². The molecule has 0 radical (unpaired) electrons. The standard InChI is InChI=1S/C16H24N2O/c17-14-6-8-16(9-7-14)18(10-13-11-19-12-13)15-4-2-1-3-5-15/h1-5,13-14,16H,6-12,17H2/t14-,16+. The molecule has 104 valence electrons. The highest BCUT2D eigenvalue weighted by Gasteiger charge is 2.28. The highest BCUT2D eigenvalue weighted by molar-refractivity contribution is 5.47. The second-order valence-corrected chi connectivity index (χ2v) is 5.96. The largest absolute Gasteiger partial charge is 0.381 e. The van der Waals surface area contributed by atoms with Crippen LogP contribution in [0.3, 0.4) is 0 Å². The van der Waals surface area contributed by atoms with Crippen molar-refractivity contribution in [2.24, 2.45) is 11.7 Å². The number of hydrogen-bond acceptors (Lipinski definition) is 3. The Morgan fingerprint density at radius 3 is 2.32 bits per heavy atom. The van der Waals surface area contributed by atoms with Gasteiger partial charge in [0.25, 0.3) is 0 Å². The number of anilines is 1. The molecule has 0 aromatic heterocycles. The molecule has 2 N–H and O–H groups in total. The summed E-state index contributed by atoms with van der Waals surface area (Å²) in [5, 5.41) is 0. The monoisotopic (exact) mass is 260 g/mol. The summed E-state index contributed by atoms with van der Waals surface area (Å²) in [6.45, 7) is 2.98. The van der Waals surface area contributed by atoms with E-state index in [-0.39, 0.29) is 0 Å². The van der Waals surface area contributed by atoms with Gasteiger partial charge in [-0.2, -0.15) is 0 Å². The number of nitrogens with two attached hydrogens (primary N) is 1. The normalized spacial score (nSPS) is 27.8. The fraction of sp³-hybridized carbons (Fsp3) is 0.625. The van der Waals surface area contributed by atoms with Crippen LogP contribution >= 0.6 is 0 Å². The zero-order valence-electron chi connectivity index (χ0n) is 11.5. The van der Waals surface area contributed by atoms with Crippen molar-refractivity contribution >= 4 is 5.69 Å². The number of benzene rings is 1. The lowest BCUT2D eigenvalue weighted by Crippen LogP contribution is -2.47. The van der Waals surface area contributed by atoms with Gasteiger partial charge in [-0.1, -0.05) is 18.2 Å². The Hall–Kier alpha value is -1.06. The molecule has 2 aliphatic rings. The summed E-state index contributed by atoms with van der Waals surface area (Å²) in [5.41, 5.74) is 7.39. The second kappa shape index (κ2) is 5.93. The van der Waals surface area contributed by atoms with Gasteiger partial charge in [0.15, 0.2) is 0 Å². The summed E-state index contributed by atoms with van der Waals surface area (Å²) >= 11 is 0. The van der Waals surface area contributed by atoms with Gasteiger partial charge in [0.1, 0.15) is 0 Å². The quantitative estimate of drug-likeness (QED) is 0.903. The molecule has 1 aliphatic heterocycles. The van der Waals surface area contributed by atoms with Crippen LogP contribution in [-0.2, 0) is 4.74 Å². The zero-order valence-corrected chi connectivity index (χ0v) is 11.5. The van der Waals surface area contributed by atoms with Gasteiger partial charge in [0, 0.05) is 30.2 Å². The molecule has 1 aromatic rings. The van der Waals surface area contributed by atoms with E-state index >= 15 is 0 Å². The molecular formula is C16H24N2O. The van der Waals surface area contributed by atoms with Crippen LogP contribution in [0, 0.1) is 5.92 Å². The lowest BCUT2D eigenvalue weighted by molar-refractivity contribution is -0.0286. The molecule has 3 heteroatoms. The van der Waals surface area contributed by atoms with Gasteiger partial charge in [-0.05, 0) is 37.8 Å². The summed E-state index contributed by atoms with van der Waals surface area (Å²) < 4.78 is 5.33. The van der Waals surface area contributed by atoms with Crippen molar-refractivity contribution < 1.29 is 4.74 Å². The molecule has 1 aromatic carbocycles. The number of hydrogen-bond donors (Lipinski definition) is 1. The van der Waals surface area contributed by atoms with Gasteiger partial charge in [0.05, 0.1) is 13.2 Å².